The van der Waals surface area contributed by atoms with Gasteiger partial charge in [-0.25, -0.2) is 4.79 Å². The van der Waals surface area contributed by atoms with Crippen LogP contribution in [-0.2, 0) is 9.63 Å². The van der Waals surface area contributed by atoms with Crippen molar-refractivity contribution in [2.45, 2.75) is 6.92 Å². The third kappa shape index (κ3) is 1.89. The Bertz CT molecular complexity index is 594. The smallest absolute Gasteiger partial charge is 0.325 e. The van der Waals surface area contributed by atoms with Crippen LogP contribution in [0.3, 0.4) is 0 Å². The number of hydroxylamine groups is 2. The summed E-state index contributed by atoms with van der Waals surface area (Å²) in [5.74, 6) is -2.25. The molecule has 2 amide bonds. The summed E-state index contributed by atoms with van der Waals surface area (Å²) in [5.41, 5.74) is 0.352. The molecule has 0 radical (unpaired) electrons. The fourth-order valence-electron chi connectivity index (χ4n) is 1.43. The van der Waals surface area contributed by atoms with Gasteiger partial charge in [-0.1, -0.05) is 23.2 Å². The lowest BCUT2D eigenvalue weighted by Crippen LogP contribution is -2.32. The first-order valence-electron chi connectivity index (χ1n) is 4.98. The van der Waals surface area contributed by atoms with E-state index in [0.717, 1.165) is 0 Å². The Morgan fingerprint density at radius 2 is 1.89 bits per heavy atom. The lowest BCUT2D eigenvalue weighted by molar-refractivity contribution is -0.163. The lowest BCUT2D eigenvalue weighted by Gasteiger charge is -2.12. The monoisotopic (exact) mass is 265 g/mol. The predicted octanol–water partition coefficient (Wildman–Crippen LogP) is 1.97. The van der Waals surface area contributed by atoms with Gasteiger partial charge in [0.05, 0.1) is 11.1 Å². The van der Waals surface area contributed by atoms with E-state index in [1.54, 1.807) is 0 Å². The average Bonchev–Trinajstić information content (AvgIpc) is 2.54. The van der Waals surface area contributed by atoms with Crippen LogP contribution < -0.4 is 0 Å². The van der Waals surface area contributed by atoms with Gasteiger partial charge in [-0.2, -0.15) is 0 Å². The Morgan fingerprint density at radius 3 is 2.50 bits per heavy atom. The van der Waals surface area contributed by atoms with Gasteiger partial charge in [-0.05, 0) is 25.1 Å². The minimum absolute atomic E-state index is 0.0876. The second kappa shape index (κ2) is 4.27. The summed E-state index contributed by atoms with van der Waals surface area (Å²) in [5, 5.41) is 0.737. The molecule has 1 aromatic carbocycles. The largest absolute Gasteiger partial charge is 0.359 e. The molecule has 18 heavy (non-hydrogen) atoms. The van der Waals surface area contributed by atoms with E-state index in [1.807, 2.05) is 0 Å². The molecule has 0 aromatic heterocycles. The molecule has 1 aromatic rings. The zero-order valence-electron chi connectivity index (χ0n) is 9.40. The molecule has 0 atom stereocenters. The number of fused-ring (bicyclic) bond motifs is 1. The van der Waals surface area contributed by atoms with Crippen molar-refractivity contribution in [3.63, 3.8) is 0 Å². The van der Waals surface area contributed by atoms with Gasteiger partial charge in [0.2, 0.25) is 0 Å². The highest BCUT2D eigenvalue weighted by atomic mass is 35.5. The molecule has 0 aliphatic carbocycles. The molecule has 1 heterocycles. The van der Waals surface area contributed by atoms with Crippen molar-refractivity contribution in [2.24, 2.45) is 0 Å². The van der Waals surface area contributed by atoms with Crippen LogP contribution in [0.2, 0.25) is 5.02 Å². The highest BCUT2D eigenvalue weighted by Gasteiger charge is 2.39. The van der Waals surface area contributed by atoms with E-state index in [-0.39, 0.29) is 16.7 Å². The van der Waals surface area contributed by atoms with E-state index in [9.17, 15) is 14.4 Å². The Morgan fingerprint density at radius 1 is 1.28 bits per heavy atom. The Hall–Kier alpha value is -2.14. The maximum atomic E-state index is 11.9. The minimum Gasteiger partial charge on any atom is -0.325 e. The molecule has 0 saturated heterocycles. The van der Waals surface area contributed by atoms with Gasteiger partial charge < -0.3 is 4.84 Å². The summed E-state index contributed by atoms with van der Waals surface area (Å²) in [7, 11) is 0. The number of hydrogen-bond acceptors (Lipinski definition) is 4. The fraction of sp³-hybridized carbons (Fsp3) is 0.0833. The van der Waals surface area contributed by atoms with E-state index < -0.39 is 17.8 Å². The van der Waals surface area contributed by atoms with Crippen molar-refractivity contribution in [1.29, 1.82) is 0 Å². The topological polar surface area (TPSA) is 63.7 Å². The summed E-state index contributed by atoms with van der Waals surface area (Å²) in [4.78, 5) is 39.7. The molecule has 1 aliphatic rings. The number of benzene rings is 1. The Balaban J connectivity index is 2.34. The second-order valence-electron chi connectivity index (χ2n) is 3.75. The molecule has 2 rings (SSSR count). The first kappa shape index (κ1) is 12.3. The molecule has 0 spiro atoms. The summed E-state index contributed by atoms with van der Waals surface area (Å²) < 4.78 is 0. The highest BCUT2D eigenvalue weighted by Crippen LogP contribution is 2.26. The van der Waals surface area contributed by atoms with Crippen molar-refractivity contribution in [3.8, 4) is 0 Å². The van der Waals surface area contributed by atoms with Gasteiger partial charge in [0.25, 0.3) is 11.8 Å². The zero-order valence-corrected chi connectivity index (χ0v) is 10.2. The molecule has 5 nitrogen and oxygen atoms in total. The molecule has 0 N–H and O–H groups in total. The number of hydrogen-bond donors (Lipinski definition) is 0. The van der Waals surface area contributed by atoms with E-state index in [4.69, 9.17) is 11.6 Å². The average molecular weight is 266 g/mol. The summed E-state index contributed by atoms with van der Waals surface area (Å²) in [6, 6.07) is 4.24. The molecule has 92 valence electrons. The lowest BCUT2D eigenvalue weighted by atomic mass is 10.1. The molecule has 0 unspecified atom stereocenters. The van der Waals surface area contributed by atoms with Crippen LogP contribution in [0.4, 0.5) is 0 Å². The van der Waals surface area contributed by atoms with Gasteiger partial charge in [-0.15, -0.1) is 0 Å². The standard InChI is InChI=1S/C12H8ClNO4/c1-6(2)12(17)18-14-10(15)8-4-3-7(13)5-9(8)11(14)16/h3-5H,1H2,2H3. The first-order valence-corrected chi connectivity index (χ1v) is 5.35. The summed E-state index contributed by atoms with van der Waals surface area (Å²) in [6.07, 6.45) is 0. The van der Waals surface area contributed by atoms with E-state index >= 15 is 0 Å². The molecule has 1 aliphatic heterocycles. The number of carbonyl (C=O) groups excluding carboxylic acids is 3. The maximum absolute atomic E-state index is 11.9. The van der Waals surface area contributed by atoms with Crippen LogP contribution in [0.15, 0.2) is 30.4 Å². The molecular weight excluding hydrogens is 258 g/mol. The van der Waals surface area contributed by atoms with Crippen molar-refractivity contribution >= 4 is 29.4 Å². The number of amides is 2. The van der Waals surface area contributed by atoms with Gasteiger partial charge in [0, 0.05) is 10.6 Å². The minimum atomic E-state index is -0.837. The number of halogens is 1. The van der Waals surface area contributed by atoms with Crippen molar-refractivity contribution < 1.29 is 19.2 Å². The van der Waals surface area contributed by atoms with Crippen LogP contribution in [0.1, 0.15) is 27.6 Å². The third-order valence-electron chi connectivity index (χ3n) is 2.33. The van der Waals surface area contributed by atoms with Gasteiger partial charge >= 0.3 is 5.97 Å². The van der Waals surface area contributed by atoms with Gasteiger partial charge in [0.1, 0.15) is 0 Å². The number of carbonyl (C=O) groups is 3. The van der Waals surface area contributed by atoms with Crippen molar-refractivity contribution in [3.05, 3.63) is 46.5 Å². The molecule has 6 heteroatoms. The number of nitrogens with zero attached hydrogens (tertiary/aromatic N) is 1. The van der Waals surface area contributed by atoms with Crippen LogP contribution in [0.25, 0.3) is 0 Å². The first-order chi connectivity index (χ1) is 8.41. The van der Waals surface area contributed by atoms with Crippen LogP contribution >= 0.6 is 11.6 Å². The van der Waals surface area contributed by atoms with Crippen LogP contribution in [-0.4, -0.2) is 22.8 Å². The number of imide groups is 1. The summed E-state index contributed by atoms with van der Waals surface area (Å²) >= 11 is 5.74. The van der Waals surface area contributed by atoms with E-state index in [2.05, 4.69) is 11.4 Å². The second-order valence-corrected chi connectivity index (χ2v) is 4.19. The van der Waals surface area contributed by atoms with Crippen LogP contribution in [0.5, 0.6) is 0 Å². The van der Waals surface area contributed by atoms with Gasteiger partial charge in [0.15, 0.2) is 0 Å². The fourth-order valence-corrected chi connectivity index (χ4v) is 1.61. The number of rotatable bonds is 2. The van der Waals surface area contributed by atoms with E-state index in [0.29, 0.717) is 10.1 Å². The quantitative estimate of drug-likeness (QED) is 0.606. The third-order valence-corrected chi connectivity index (χ3v) is 2.57. The van der Waals surface area contributed by atoms with E-state index in [1.165, 1.54) is 25.1 Å². The molecule has 0 fully saturated rings. The highest BCUT2D eigenvalue weighted by molar-refractivity contribution is 6.32. The van der Waals surface area contributed by atoms with Crippen molar-refractivity contribution in [2.75, 3.05) is 0 Å². The summed E-state index contributed by atoms with van der Waals surface area (Å²) in [6.45, 7) is 4.78. The molecular formula is C12H8ClNO4. The zero-order chi connectivity index (χ0) is 13.4. The van der Waals surface area contributed by atoms with Gasteiger partial charge in [-0.3, -0.25) is 9.59 Å². The maximum Gasteiger partial charge on any atom is 0.359 e. The molecule has 0 bridgehead atoms. The SMILES string of the molecule is C=C(C)C(=O)ON1C(=O)c2ccc(Cl)cc2C1=O. The normalized spacial score (nSPS) is 13.6. The Kier molecular flexibility index (Phi) is 2.92. The Labute approximate surface area is 108 Å². The van der Waals surface area contributed by atoms with Crippen molar-refractivity contribution in [1.82, 2.24) is 5.06 Å². The molecule has 0 saturated carbocycles. The van der Waals surface area contributed by atoms with Crippen LogP contribution in [0, 0.1) is 0 Å². The predicted molar refractivity (Wildman–Crippen MR) is 62.9 cm³/mol.